The van der Waals surface area contributed by atoms with Crippen LogP contribution in [0.5, 0.6) is 0 Å². The second-order valence-corrected chi connectivity index (χ2v) is 13.0. The molecular formula is C37H43N7O. The number of H-pyrrole nitrogens is 1. The molecule has 2 fully saturated rings. The fourth-order valence-electron chi connectivity index (χ4n) is 7.13. The van der Waals surface area contributed by atoms with Gasteiger partial charge in [-0.05, 0) is 113 Å². The lowest BCUT2D eigenvalue weighted by Crippen LogP contribution is -2.41. The number of aromatic amines is 1. The molecule has 4 aromatic rings. The van der Waals surface area contributed by atoms with Gasteiger partial charge in [0.15, 0.2) is 6.19 Å². The van der Waals surface area contributed by atoms with E-state index in [9.17, 15) is 10.1 Å². The number of aromatic nitrogens is 2. The van der Waals surface area contributed by atoms with Crippen molar-refractivity contribution < 1.29 is 4.79 Å². The predicted molar refractivity (Wildman–Crippen MR) is 180 cm³/mol. The molecule has 45 heavy (non-hydrogen) atoms. The van der Waals surface area contributed by atoms with Gasteiger partial charge in [-0.3, -0.25) is 20.1 Å². The molecule has 6 rings (SSSR count). The largest absolute Gasteiger partial charge is 0.354 e. The number of nitriles is 1. The number of hydrogen-bond donors (Lipinski definition) is 2. The lowest BCUT2D eigenvalue weighted by Gasteiger charge is -2.29. The molecule has 0 saturated carbocycles. The van der Waals surface area contributed by atoms with Gasteiger partial charge in [-0.15, -0.1) is 0 Å². The quantitative estimate of drug-likeness (QED) is 0.108. The fourth-order valence-corrected chi connectivity index (χ4v) is 7.13. The van der Waals surface area contributed by atoms with E-state index >= 15 is 0 Å². The summed E-state index contributed by atoms with van der Waals surface area (Å²) in [6, 6.07) is 19.1. The first-order chi connectivity index (χ1) is 21.8. The highest BCUT2D eigenvalue weighted by Gasteiger charge is 2.35. The number of nitrogens with zero attached hydrogens (tertiary/aromatic N) is 5. The zero-order chi connectivity index (χ0) is 31.6. The van der Waals surface area contributed by atoms with Crippen molar-refractivity contribution in [2.45, 2.75) is 71.3 Å². The fraction of sp³-hybridized carbons (Fsp3) is 0.405. The van der Waals surface area contributed by atoms with Crippen molar-refractivity contribution in [2.24, 2.45) is 4.99 Å². The van der Waals surface area contributed by atoms with Gasteiger partial charge in [0, 0.05) is 49.0 Å². The monoisotopic (exact) mass is 601 g/mol. The first kappa shape index (κ1) is 30.4. The van der Waals surface area contributed by atoms with Crippen LogP contribution in [0.4, 0.5) is 0 Å². The maximum atomic E-state index is 13.6. The molecular weight excluding hydrogens is 558 g/mol. The highest BCUT2D eigenvalue weighted by molar-refractivity contribution is 5.94. The lowest BCUT2D eigenvalue weighted by molar-refractivity contribution is -0.135. The summed E-state index contributed by atoms with van der Waals surface area (Å²) in [4.78, 5) is 31.1. The summed E-state index contributed by atoms with van der Waals surface area (Å²) in [5.74, 6) is 0.785. The van der Waals surface area contributed by atoms with E-state index < -0.39 is 5.41 Å². The lowest BCUT2D eigenvalue weighted by atomic mass is 9.82. The van der Waals surface area contributed by atoms with Crippen LogP contribution in [0.15, 0.2) is 65.8 Å². The van der Waals surface area contributed by atoms with Gasteiger partial charge in [-0.2, -0.15) is 5.26 Å². The summed E-state index contributed by atoms with van der Waals surface area (Å²) < 4.78 is 0. The molecule has 2 aromatic heterocycles. The van der Waals surface area contributed by atoms with Gasteiger partial charge >= 0.3 is 0 Å². The van der Waals surface area contributed by atoms with E-state index in [2.05, 4.69) is 76.6 Å². The normalized spacial score (nSPS) is 17.2. The Morgan fingerprint density at radius 3 is 2.56 bits per heavy atom. The number of carbonyl (C=O) groups excluding carboxylic acids is 1. The van der Waals surface area contributed by atoms with Crippen molar-refractivity contribution in [1.29, 1.82) is 5.26 Å². The molecule has 2 aliphatic rings. The molecule has 8 heteroatoms. The Bertz CT molecular complexity index is 1740. The average Bonchev–Trinajstić information content (AvgIpc) is 3.81. The minimum atomic E-state index is -0.633. The first-order valence-electron chi connectivity index (χ1n) is 16.2. The Balaban J connectivity index is 1.37. The highest BCUT2D eigenvalue weighted by Crippen LogP contribution is 2.36. The Labute approximate surface area is 266 Å². The maximum Gasteiger partial charge on any atom is 0.232 e. The van der Waals surface area contributed by atoms with Crippen molar-refractivity contribution in [3.8, 4) is 17.5 Å². The van der Waals surface area contributed by atoms with Crippen LogP contribution in [0.1, 0.15) is 73.5 Å². The number of pyridine rings is 1. The third-order valence-electron chi connectivity index (χ3n) is 9.41. The molecule has 0 bridgehead atoms. The SMILES string of the molecule is Cc1cc(C)cc(-c2[nH]c3ccc(C(C)(C)C(=O)N4CCCC4)cc3c2CCN=C(NC#N)N2CCCC2c2ccccn2)c1. The Morgan fingerprint density at radius 1 is 1.07 bits per heavy atom. The second kappa shape index (κ2) is 12.8. The number of nitrogens with one attached hydrogen (secondary N) is 2. The molecule has 0 aliphatic carbocycles. The van der Waals surface area contributed by atoms with Gasteiger partial charge in [0.05, 0.1) is 17.2 Å². The standard InChI is InChI=1S/C37H43N7O/c1-25-20-26(2)22-27(21-25)34-29(14-16-40-36(41-24-38)44-19-9-11-33(44)32-10-5-6-15-39-32)30-23-28(12-13-31(30)42-34)37(3,4)35(45)43-17-7-8-18-43/h5-6,10,12-13,15,20-23,33,42H,7-9,11,14,16-19H2,1-4H3,(H,40,41). The molecule has 232 valence electrons. The summed E-state index contributed by atoms with van der Waals surface area (Å²) in [7, 11) is 0. The molecule has 2 aromatic carbocycles. The number of carbonyl (C=O) groups is 1. The molecule has 1 unspecified atom stereocenters. The number of fused-ring (bicyclic) bond motifs is 1. The van der Waals surface area contributed by atoms with Gasteiger partial charge in [0.1, 0.15) is 0 Å². The molecule has 4 heterocycles. The number of aliphatic imine (C=N–C) groups is 1. The molecule has 2 aliphatic heterocycles. The summed E-state index contributed by atoms with van der Waals surface area (Å²) in [5, 5.41) is 13.6. The van der Waals surface area contributed by atoms with Gasteiger partial charge < -0.3 is 14.8 Å². The molecule has 8 nitrogen and oxygen atoms in total. The summed E-state index contributed by atoms with van der Waals surface area (Å²) in [5.41, 5.74) is 8.23. The second-order valence-electron chi connectivity index (χ2n) is 13.0. The summed E-state index contributed by atoms with van der Waals surface area (Å²) >= 11 is 0. The number of aryl methyl sites for hydroxylation is 2. The third kappa shape index (κ3) is 6.17. The maximum absolute atomic E-state index is 13.6. The Hall–Kier alpha value is -4.64. The van der Waals surface area contributed by atoms with E-state index in [1.807, 2.05) is 43.1 Å². The first-order valence-corrected chi connectivity index (χ1v) is 16.2. The van der Waals surface area contributed by atoms with Gasteiger partial charge in [0.25, 0.3) is 0 Å². The van der Waals surface area contributed by atoms with E-state index in [-0.39, 0.29) is 11.9 Å². The molecule has 0 radical (unpaired) electrons. The van der Waals surface area contributed by atoms with Crippen molar-refractivity contribution in [2.75, 3.05) is 26.2 Å². The zero-order valence-electron chi connectivity index (χ0n) is 26.9. The third-order valence-corrected chi connectivity index (χ3v) is 9.41. The highest BCUT2D eigenvalue weighted by atomic mass is 16.2. The van der Waals surface area contributed by atoms with Crippen molar-refractivity contribution in [1.82, 2.24) is 25.1 Å². The molecule has 2 saturated heterocycles. The minimum absolute atomic E-state index is 0.0858. The smallest absolute Gasteiger partial charge is 0.232 e. The topological polar surface area (TPSA) is 100 Å². The van der Waals surface area contributed by atoms with Crippen LogP contribution >= 0.6 is 0 Å². The van der Waals surface area contributed by atoms with E-state index in [1.165, 1.54) is 16.7 Å². The number of likely N-dealkylation sites (tertiary alicyclic amines) is 2. The van der Waals surface area contributed by atoms with E-state index in [4.69, 9.17) is 4.99 Å². The molecule has 0 spiro atoms. The number of amides is 1. The number of hydrogen-bond acceptors (Lipinski definition) is 4. The van der Waals surface area contributed by atoms with Gasteiger partial charge in [-0.25, -0.2) is 0 Å². The number of rotatable bonds is 7. The van der Waals surface area contributed by atoms with Crippen LogP contribution < -0.4 is 5.32 Å². The van der Waals surface area contributed by atoms with E-state index in [1.54, 1.807) is 0 Å². The van der Waals surface area contributed by atoms with Crippen LogP contribution in [-0.4, -0.2) is 57.8 Å². The van der Waals surface area contributed by atoms with Crippen LogP contribution in [0.2, 0.25) is 0 Å². The predicted octanol–water partition coefficient (Wildman–Crippen LogP) is 6.55. The molecule has 1 atom stereocenters. The molecule has 1 amide bonds. The van der Waals surface area contributed by atoms with E-state index in [0.29, 0.717) is 18.9 Å². The number of benzene rings is 2. The van der Waals surface area contributed by atoms with E-state index in [0.717, 1.165) is 78.7 Å². The van der Waals surface area contributed by atoms with Crippen LogP contribution in [0.3, 0.4) is 0 Å². The summed E-state index contributed by atoms with van der Waals surface area (Å²) in [6.07, 6.45) is 8.74. The van der Waals surface area contributed by atoms with Crippen LogP contribution in [0.25, 0.3) is 22.2 Å². The van der Waals surface area contributed by atoms with Crippen molar-refractivity contribution >= 4 is 22.8 Å². The zero-order valence-corrected chi connectivity index (χ0v) is 26.9. The summed E-state index contributed by atoms with van der Waals surface area (Å²) in [6.45, 7) is 11.3. The Kier molecular flexibility index (Phi) is 8.62. The molecule has 2 N–H and O–H groups in total. The van der Waals surface area contributed by atoms with Crippen molar-refractivity contribution in [3.63, 3.8) is 0 Å². The van der Waals surface area contributed by atoms with Gasteiger partial charge in [0.2, 0.25) is 11.9 Å². The van der Waals surface area contributed by atoms with Crippen LogP contribution in [0, 0.1) is 25.3 Å². The average molecular weight is 602 g/mol. The van der Waals surface area contributed by atoms with Crippen molar-refractivity contribution in [3.05, 3.63) is 88.7 Å². The van der Waals surface area contributed by atoms with Gasteiger partial charge in [-0.1, -0.05) is 29.3 Å². The van der Waals surface area contributed by atoms with Crippen LogP contribution in [-0.2, 0) is 16.6 Å². The Morgan fingerprint density at radius 2 is 1.84 bits per heavy atom. The number of guanidine groups is 1. The minimum Gasteiger partial charge on any atom is -0.354 e.